The largest absolute Gasteiger partial charge is 0.350 e. The van der Waals surface area contributed by atoms with Gasteiger partial charge in [0.25, 0.3) is 0 Å². The van der Waals surface area contributed by atoms with Gasteiger partial charge in [-0.05, 0) is 25.0 Å². The van der Waals surface area contributed by atoms with Crippen molar-refractivity contribution in [1.29, 1.82) is 0 Å². The van der Waals surface area contributed by atoms with Crippen molar-refractivity contribution in [1.82, 2.24) is 20.2 Å². The van der Waals surface area contributed by atoms with Gasteiger partial charge in [0, 0.05) is 32.0 Å². The zero-order valence-corrected chi connectivity index (χ0v) is 15.2. The van der Waals surface area contributed by atoms with E-state index in [0.717, 1.165) is 29.6 Å². The van der Waals surface area contributed by atoms with Gasteiger partial charge in [-0.2, -0.15) is 5.10 Å². The Labute approximate surface area is 158 Å². The molecule has 3 aromatic rings. The minimum Gasteiger partial charge on any atom is -0.350 e. The number of fused-ring (bicyclic) bond motifs is 1. The maximum absolute atomic E-state index is 14.3. The van der Waals surface area contributed by atoms with Crippen molar-refractivity contribution in [2.75, 3.05) is 29.4 Å². The highest BCUT2D eigenvalue weighted by Crippen LogP contribution is 2.48. The summed E-state index contributed by atoms with van der Waals surface area (Å²) in [4.78, 5) is 12.6. The monoisotopic (exact) mass is 392 g/mol. The molecule has 1 spiro atoms. The quantitative estimate of drug-likeness (QED) is 0.674. The Kier molecular flexibility index (Phi) is 3.52. The Bertz CT molecular complexity index is 1000. The van der Waals surface area contributed by atoms with Gasteiger partial charge in [-0.25, -0.2) is 14.4 Å². The van der Waals surface area contributed by atoms with Crippen LogP contribution in [0.5, 0.6) is 0 Å². The standard InChI is InChI=1S/C17H15Cl2FN6/c18-10-7-11(20)15(22-8-10)25-5-6-26(17(9-25)2-3-17)16-13-12(23-24-16)1-4-21-14(13)19/h1,4,7-8H,2-3,5-6,9H2,(H,23,24). The molecule has 0 unspecified atom stereocenters. The summed E-state index contributed by atoms with van der Waals surface area (Å²) >= 11 is 12.1. The number of nitrogens with zero attached hydrogens (tertiary/aromatic N) is 5. The first kappa shape index (κ1) is 16.1. The average molecular weight is 393 g/mol. The van der Waals surface area contributed by atoms with E-state index < -0.39 is 0 Å². The Morgan fingerprint density at radius 1 is 1.15 bits per heavy atom. The van der Waals surface area contributed by atoms with Gasteiger partial charge in [0.1, 0.15) is 5.15 Å². The minimum absolute atomic E-state index is 0.0761. The summed E-state index contributed by atoms with van der Waals surface area (Å²) in [6, 6.07) is 3.17. The lowest BCUT2D eigenvalue weighted by Crippen LogP contribution is -2.56. The fraction of sp³-hybridized carbons (Fsp3) is 0.353. The lowest BCUT2D eigenvalue weighted by atomic mass is 10.1. The van der Waals surface area contributed by atoms with Crippen LogP contribution in [-0.4, -0.2) is 45.3 Å². The second-order valence-electron chi connectivity index (χ2n) is 6.83. The van der Waals surface area contributed by atoms with Gasteiger partial charge in [-0.3, -0.25) is 5.10 Å². The lowest BCUT2D eigenvalue weighted by molar-refractivity contribution is 0.494. The third kappa shape index (κ3) is 2.41. The predicted molar refractivity (Wildman–Crippen MR) is 99.6 cm³/mol. The number of hydrogen-bond acceptors (Lipinski definition) is 5. The Hall–Kier alpha value is -2.12. The number of nitrogens with one attached hydrogen (secondary N) is 1. The van der Waals surface area contributed by atoms with Crippen LogP contribution in [0.3, 0.4) is 0 Å². The molecule has 0 radical (unpaired) electrons. The van der Waals surface area contributed by atoms with E-state index in [1.54, 1.807) is 6.20 Å². The number of hydrogen-bond donors (Lipinski definition) is 1. The normalized spacial score (nSPS) is 18.7. The van der Waals surface area contributed by atoms with Crippen molar-refractivity contribution in [2.24, 2.45) is 0 Å². The molecule has 0 atom stereocenters. The maximum atomic E-state index is 14.3. The van der Waals surface area contributed by atoms with Gasteiger partial charge < -0.3 is 9.80 Å². The SMILES string of the molecule is Fc1cc(Cl)cnc1N1CCN(c2n[nH]c3ccnc(Cl)c23)C2(CC2)C1. The van der Waals surface area contributed by atoms with E-state index in [1.807, 2.05) is 11.0 Å². The molecular formula is C17H15Cl2FN6. The fourth-order valence-electron chi connectivity index (χ4n) is 3.81. The summed E-state index contributed by atoms with van der Waals surface area (Å²) in [6.45, 7) is 2.03. The molecule has 5 rings (SSSR count). The van der Waals surface area contributed by atoms with E-state index in [4.69, 9.17) is 23.2 Å². The van der Waals surface area contributed by atoms with Crippen LogP contribution in [0.15, 0.2) is 24.5 Å². The van der Waals surface area contributed by atoms with Crippen LogP contribution in [0.25, 0.3) is 10.9 Å². The highest BCUT2D eigenvalue weighted by molar-refractivity contribution is 6.35. The summed E-state index contributed by atoms with van der Waals surface area (Å²) in [5.74, 6) is 0.783. The fourth-order valence-corrected chi connectivity index (χ4v) is 4.20. The number of piperazine rings is 1. The van der Waals surface area contributed by atoms with Crippen LogP contribution in [0.4, 0.5) is 16.0 Å². The molecule has 6 nitrogen and oxygen atoms in total. The van der Waals surface area contributed by atoms with Gasteiger partial charge >= 0.3 is 0 Å². The molecule has 3 aromatic heterocycles. The molecule has 1 aliphatic heterocycles. The average Bonchev–Trinajstić information content (AvgIpc) is 3.23. The first-order chi connectivity index (χ1) is 12.6. The molecule has 0 bridgehead atoms. The topological polar surface area (TPSA) is 60.9 Å². The Morgan fingerprint density at radius 3 is 2.77 bits per heavy atom. The van der Waals surface area contributed by atoms with E-state index in [2.05, 4.69) is 25.1 Å². The third-order valence-electron chi connectivity index (χ3n) is 5.23. The van der Waals surface area contributed by atoms with E-state index in [1.165, 1.54) is 12.3 Å². The van der Waals surface area contributed by atoms with Crippen LogP contribution >= 0.6 is 23.2 Å². The molecule has 9 heteroatoms. The van der Waals surface area contributed by atoms with E-state index in [-0.39, 0.29) is 11.4 Å². The first-order valence-electron chi connectivity index (χ1n) is 8.40. The molecule has 26 heavy (non-hydrogen) atoms. The molecular weight excluding hydrogens is 378 g/mol. The molecule has 4 heterocycles. The predicted octanol–water partition coefficient (Wildman–Crippen LogP) is 3.66. The van der Waals surface area contributed by atoms with Gasteiger partial charge in [-0.15, -0.1) is 0 Å². The Balaban J connectivity index is 1.49. The molecule has 2 fully saturated rings. The second-order valence-corrected chi connectivity index (χ2v) is 7.62. The molecule has 0 aromatic carbocycles. The summed E-state index contributed by atoms with van der Waals surface area (Å²) in [5, 5.41) is 9.11. The van der Waals surface area contributed by atoms with E-state index >= 15 is 0 Å². The minimum atomic E-state index is -0.390. The number of halogens is 3. The number of aromatic amines is 1. The van der Waals surface area contributed by atoms with Crippen LogP contribution in [0.1, 0.15) is 12.8 Å². The van der Waals surface area contributed by atoms with Crippen molar-refractivity contribution in [2.45, 2.75) is 18.4 Å². The smallest absolute Gasteiger partial charge is 0.167 e. The zero-order valence-electron chi connectivity index (χ0n) is 13.7. The number of aromatic nitrogens is 4. The van der Waals surface area contributed by atoms with Crippen LogP contribution in [-0.2, 0) is 0 Å². The Morgan fingerprint density at radius 2 is 2.00 bits per heavy atom. The summed E-state index contributed by atoms with van der Waals surface area (Å²) in [7, 11) is 0. The van der Waals surface area contributed by atoms with Crippen molar-refractivity contribution in [3.05, 3.63) is 40.5 Å². The zero-order chi connectivity index (χ0) is 17.9. The molecule has 1 aliphatic carbocycles. The molecule has 2 aliphatic rings. The summed E-state index contributed by atoms with van der Waals surface area (Å²) in [6.07, 6.45) is 5.18. The summed E-state index contributed by atoms with van der Waals surface area (Å²) < 4.78 is 14.3. The van der Waals surface area contributed by atoms with Crippen molar-refractivity contribution in [3.63, 3.8) is 0 Å². The molecule has 1 saturated heterocycles. The van der Waals surface area contributed by atoms with Crippen LogP contribution in [0.2, 0.25) is 10.2 Å². The van der Waals surface area contributed by atoms with Gasteiger partial charge in [0.15, 0.2) is 17.5 Å². The van der Waals surface area contributed by atoms with Crippen molar-refractivity contribution < 1.29 is 4.39 Å². The highest BCUT2D eigenvalue weighted by atomic mass is 35.5. The van der Waals surface area contributed by atoms with E-state index in [9.17, 15) is 4.39 Å². The third-order valence-corrected chi connectivity index (χ3v) is 5.73. The van der Waals surface area contributed by atoms with Crippen molar-refractivity contribution >= 4 is 45.7 Å². The molecule has 1 N–H and O–H groups in total. The highest BCUT2D eigenvalue weighted by Gasteiger charge is 2.53. The van der Waals surface area contributed by atoms with Crippen molar-refractivity contribution in [3.8, 4) is 0 Å². The second kappa shape index (κ2) is 5.69. The van der Waals surface area contributed by atoms with Gasteiger partial charge in [0.05, 0.1) is 21.5 Å². The van der Waals surface area contributed by atoms with Gasteiger partial charge in [-0.1, -0.05) is 23.2 Å². The number of rotatable bonds is 2. The van der Waals surface area contributed by atoms with Crippen LogP contribution < -0.4 is 9.80 Å². The van der Waals surface area contributed by atoms with Crippen LogP contribution in [0, 0.1) is 5.82 Å². The number of pyridine rings is 2. The molecule has 1 saturated carbocycles. The number of anilines is 2. The molecule has 134 valence electrons. The maximum Gasteiger partial charge on any atom is 0.167 e. The van der Waals surface area contributed by atoms with E-state index in [0.29, 0.717) is 35.6 Å². The first-order valence-corrected chi connectivity index (χ1v) is 9.15. The number of H-pyrrole nitrogens is 1. The van der Waals surface area contributed by atoms with Gasteiger partial charge in [0.2, 0.25) is 0 Å². The molecule has 0 amide bonds. The summed E-state index contributed by atoms with van der Waals surface area (Å²) in [5.41, 5.74) is 0.788. The lowest BCUT2D eigenvalue weighted by Gasteiger charge is -2.43.